The summed E-state index contributed by atoms with van der Waals surface area (Å²) >= 11 is 2.83. The van der Waals surface area contributed by atoms with E-state index in [-0.39, 0.29) is 48.8 Å². The Balaban J connectivity index is 1.05. The molecule has 3 aromatic heterocycles. The van der Waals surface area contributed by atoms with Gasteiger partial charge in [0.1, 0.15) is 22.2 Å². The summed E-state index contributed by atoms with van der Waals surface area (Å²) in [5.41, 5.74) is 9.03. The number of likely N-dealkylation sites (tertiary alicyclic amines) is 2. The first kappa shape index (κ1) is 48.7. The summed E-state index contributed by atoms with van der Waals surface area (Å²) in [6.07, 6.45) is 6.32. The van der Waals surface area contributed by atoms with E-state index >= 15 is 0 Å². The number of hydrogen-bond acceptors (Lipinski definition) is 12. The maximum Gasteiger partial charge on any atom is 0.324 e. The lowest BCUT2D eigenvalue weighted by molar-refractivity contribution is -0.155. The zero-order valence-corrected chi connectivity index (χ0v) is 42.6. The van der Waals surface area contributed by atoms with E-state index in [0.29, 0.717) is 52.0 Å². The average molecular weight is 980 g/mol. The van der Waals surface area contributed by atoms with Gasteiger partial charge in [-0.3, -0.25) is 29.2 Å². The van der Waals surface area contributed by atoms with E-state index in [2.05, 4.69) is 66.9 Å². The standard InChI is InChI=1S/C51H65N9O7S2/c1-10-40(61)57-27-50(28-57)19-14-21-59(50)48(65)56(8)42(30(3)4)44(62)54-46-51(69-46)25-39-53-37(26-68-39)32-17-18-38-34(23-32)35(43(58(38)11-2)33-15-12-20-52-41(33)31(5)66-9)24-49(6,7)29-67-45(63)36-16-13-22-60(55-36)47(51)64/h10,12,15,17-18,20,23,26,30-31,36,42,46,55H,1,11,13-14,16,19,21-22,24-25,27-29H2,2-9H3,(H,54,62)/t31-,36-,42-,46?,51-/m0/s1. The number of amides is 5. The molecule has 2 N–H and O–H groups in total. The molecule has 18 heteroatoms. The van der Waals surface area contributed by atoms with Crippen molar-refractivity contribution in [1.82, 2.24) is 45.0 Å². The van der Waals surface area contributed by atoms with Crippen molar-refractivity contribution in [3.05, 3.63) is 70.8 Å². The largest absolute Gasteiger partial charge is 0.464 e. The molecule has 5 atom stereocenters. The van der Waals surface area contributed by atoms with Crippen molar-refractivity contribution < 1.29 is 33.4 Å². The lowest BCUT2D eigenvalue weighted by atomic mass is 9.84. The number of thioether (sulfide) groups is 1. The number of hydrogen-bond donors (Lipinski definition) is 2. The lowest BCUT2D eigenvalue weighted by Crippen LogP contribution is -2.71. The number of methoxy groups -OCH3 is 1. The normalized spacial score (nSPS) is 23.9. The summed E-state index contributed by atoms with van der Waals surface area (Å²) in [4.78, 5) is 85.2. The molecule has 4 saturated heterocycles. The number of rotatable bonds is 9. The van der Waals surface area contributed by atoms with Gasteiger partial charge in [-0.15, -0.1) is 23.1 Å². The van der Waals surface area contributed by atoms with Gasteiger partial charge in [-0.05, 0) is 87.8 Å². The number of nitrogens with one attached hydrogen (secondary N) is 2. The van der Waals surface area contributed by atoms with Gasteiger partial charge in [-0.25, -0.2) is 15.2 Å². The van der Waals surface area contributed by atoms with Crippen LogP contribution in [0.2, 0.25) is 0 Å². The highest BCUT2D eigenvalue weighted by molar-refractivity contribution is 8.09. The second kappa shape index (κ2) is 18.8. The molecule has 9 rings (SSSR count). The fraction of sp³-hybridized carbons (Fsp3) is 0.549. The predicted molar refractivity (Wildman–Crippen MR) is 267 cm³/mol. The molecule has 2 spiro atoms. The molecule has 0 aliphatic carbocycles. The summed E-state index contributed by atoms with van der Waals surface area (Å²) < 4.78 is 13.2. The van der Waals surface area contributed by atoms with E-state index in [9.17, 15) is 24.0 Å². The van der Waals surface area contributed by atoms with Crippen LogP contribution in [0.3, 0.4) is 0 Å². The highest BCUT2D eigenvalue weighted by atomic mass is 32.2. The van der Waals surface area contributed by atoms with Crippen LogP contribution in [0.25, 0.3) is 33.4 Å². The molecule has 5 amide bonds. The molecule has 8 heterocycles. The second-order valence-corrected chi connectivity index (χ2v) is 22.9. The van der Waals surface area contributed by atoms with Crippen LogP contribution in [-0.2, 0) is 48.0 Å². The number of urea groups is 1. The third-order valence-electron chi connectivity index (χ3n) is 14.8. The van der Waals surface area contributed by atoms with Crippen LogP contribution >= 0.6 is 23.1 Å². The molecule has 6 bridgehead atoms. The van der Waals surface area contributed by atoms with Crippen LogP contribution in [0.15, 0.2) is 54.6 Å². The third kappa shape index (κ3) is 8.84. The van der Waals surface area contributed by atoms with Crippen LogP contribution < -0.4 is 10.7 Å². The van der Waals surface area contributed by atoms with Gasteiger partial charge in [0, 0.05) is 92.3 Å². The molecule has 16 nitrogen and oxygen atoms in total. The number of hydrazine groups is 1. The van der Waals surface area contributed by atoms with Gasteiger partial charge in [0.05, 0.1) is 40.3 Å². The van der Waals surface area contributed by atoms with Crippen molar-refractivity contribution in [2.75, 3.05) is 46.9 Å². The molecule has 5 aliphatic heterocycles. The van der Waals surface area contributed by atoms with Gasteiger partial charge in [0.15, 0.2) is 0 Å². The van der Waals surface area contributed by atoms with E-state index < -0.39 is 39.1 Å². The second-order valence-electron chi connectivity index (χ2n) is 20.5. The number of carbonyl (C=O) groups is 5. The first-order valence-electron chi connectivity index (χ1n) is 24.2. The summed E-state index contributed by atoms with van der Waals surface area (Å²) in [5.74, 6) is -1.46. The van der Waals surface area contributed by atoms with Crippen LogP contribution in [-0.4, -0.2) is 139 Å². The number of likely N-dealkylation sites (N-methyl/N-ethyl adjacent to an activating group) is 1. The van der Waals surface area contributed by atoms with E-state index in [1.165, 1.54) is 39.1 Å². The maximum absolute atomic E-state index is 15.0. The number of aryl methyl sites for hydroxylation is 1. The number of aromatic nitrogens is 3. The number of pyridine rings is 1. The van der Waals surface area contributed by atoms with Crippen molar-refractivity contribution in [1.29, 1.82) is 0 Å². The summed E-state index contributed by atoms with van der Waals surface area (Å²) in [6.45, 7) is 18.4. The first-order valence-corrected chi connectivity index (χ1v) is 26.0. The molecule has 4 fully saturated rings. The van der Waals surface area contributed by atoms with Gasteiger partial charge in [-0.2, -0.15) is 0 Å². The van der Waals surface area contributed by atoms with E-state index in [1.807, 2.05) is 37.1 Å². The molecule has 5 aliphatic rings. The van der Waals surface area contributed by atoms with Crippen molar-refractivity contribution in [2.45, 2.75) is 120 Å². The van der Waals surface area contributed by atoms with Crippen LogP contribution in [0.1, 0.15) is 89.6 Å². The van der Waals surface area contributed by atoms with Gasteiger partial charge < -0.3 is 34.1 Å². The summed E-state index contributed by atoms with van der Waals surface area (Å²) in [6, 6.07) is 8.66. The van der Waals surface area contributed by atoms with Gasteiger partial charge in [0.2, 0.25) is 11.8 Å². The highest BCUT2D eigenvalue weighted by Crippen LogP contribution is 2.56. The third-order valence-corrected chi connectivity index (χ3v) is 17.1. The molecule has 368 valence electrons. The van der Waals surface area contributed by atoms with Crippen LogP contribution in [0.4, 0.5) is 4.79 Å². The Morgan fingerprint density at radius 1 is 1.12 bits per heavy atom. The quantitative estimate of drug-likeness (QED) is 0.105. The number of esters is 1. The van der Waals surface area contributed by atoms with Crippen molar-refractivity contribution >= 4 is 63.7 Å². The van der Waals surface area contributed by atoms with Crippen LogP contribution in [0, 0.1) is 11.3 Å². The topological polar surface area (TPSA) is 172 Å². The van der Waals surface area contributed by atoms with Gasteiger partial charge >= 0.3 is 12.0 Å². The van der Waals surface area contributed by atoms with Crippen LogP contribution in [0.5, 0.6) is 0 Å². The Morgan fingerprint density at radius 2 is 1.90 bits per heavy atom. The molecule has 0 radical (unpaired) electrons. The van der Waals surface area contributed by atoms with Crippen molar-refractivity contribution in [3.8, 4) is 22.5 Å². The molecule has 1 unspecified atom stereocenters. The summed E-state index contributed by atoms with van der Waals surface area (Å²) in [5, 5.41) is 7.91. The fourth-order valence-electron chi connectivity index (χ4n) is 11.1. The molecular weight excluding hydrogens is 915 g/mol. The van der Waals surface area contributed by atoms with Gasteiger partial charge in [0.25, 0.3) is 5.91 Å². The number of cyclic esters (lactones) is 1. The molecule has 0 saturated carbocycles. The minimum absolute atomic E-state index is 0.147. The van der Waals surface area contributed by atoms with Crippen molar-refractivity contribution in [2.24, 2.45) is 11.3 Å². The number of fused-ring (bicyclic) bond motifs is 6. The Labute approximate surface area is 412 Å². The number of nitrogens with zero attached hydrogens (tertiary/aromatic N) is 7. The van der Waals surface area contributed by atoms with Crippen molar-refractivity contribution in [3.63, 3.8) is 0 Å². The minimum atomic E-state index is -1.14. The number of carbonyl (C=O) groups excluding carboxylic acids is 5. The Hall–Kier alpha value is -5.30. The number of ether oxygens (including phenoxy) is 2. The maximum atomic E-state index is 15.0. The first-order chi connectivity index (χ1) is 32.9. The SMILES string of the molecule is C=CC(=O)N1CC2(CCCN2C(=O)N(C)[C@H](C(=O)NC2S[C@@]23Cc2nc(cs2)-c2ccc4c(c2)c(c(-c2cccnc2[C@H](C)OC)n4CC)CC(C)(C)COC(=O)[C@@H]2CCCN(N2)C3=O)C(C)C)C1. The molecule has 1 aromatic carbocycles. The molecule has 69 heavy (non-hydrogen) atoms. The zero-order valence-electron chi connectivity index (χ0n) is 41.0. The smallest absolute Gasteiger partial charge is 0.324 e. The molecular formula is C51H65N9O7S2. The Bertz CT molecular complexity index is 2690. The highest BCUT2D eigenvalue weighted by Gasteiger charge is 2.65. The monoisotopic (exact) mass is 979 g/mol. The molecule has 4 aromatic rings. The number of thiazole rings is 1. The minimum Gasteiger partial charge on any atom is -0.464 e. The lowest BCUT2D eigenvalue weighted by Gasteiger charge is -2.53. The van der Waals surface area contributed by atoms with E-state index in [4.69, 9.17) is 19.4 Å². The zero-order chi connectivity index (χ0) is 49.2. The number of benzene rings is 1. The van der Waals surface area contributed by atoms with E-state index in [1.54, 1.807) is 25.3 Å². The average Bonchev–Trinajstić information content (AvgIpc) is 3.64. The fourth-order valence-corrected chi connectivity index (χ4v) is 13.3. The Morgan fingerprint density at radius 3 is 2.62 bits per heavy atom. The predicted octanol–water partition coefficient (Wildman–Crippen LogP) is 6.58. The van der Waals surface area contributed by atoms with Gasteiger partial charge in [-0.1, -0.05) is 40.3 Å². The summed E-state index contributed by atoms with van der Waals surface area (Å²) in [7, 11) is 3.35. The van der Waals surface area contributed by atoms with E-state index in [0.717, 1.165) is 62.5 Å². The Kier molecular flexibility index (Phi) is 13.3.